The van der Waals surface area contributed by atoms with E-state index < -0.39 is 6.04 Å². The summed E-state index contributed by atoms with van der Waals surface area (Å²) in [7, 11) is 1.64. The van der Waals surface area contributed by atoms with E-state index in [1.54, 1.807) is 30.3 Å². The smallest absolute Gasteiger partial charge is 0.260 e. The second-order valence-electron chi connectivity index (χ2n) is 7.73. The fourth-order valence-corrected chi connectivity index (χ4v) is 4.01. The number of carbonyl (C=O) groups excluding carboxylic acids is 2. The molecule has 2 amide bonds. The van der Waals surface area contributed by atoms with Crippen LogP contribution in [-0.4, -0.2) is 54.5 Å². The Balaban J connectivity index is 1.59. The maximum absolute atomic E-state index is 13.4. The van der Waals surface area contributed by atoms with Crippen LogP contribution in [-0.2, 0) is 11.2 Å². The molecule has 7 heteroatoms. The molecule has 1 aliphatic heterocycles. The molecule has 3 aromatic rings. The van der Waals surface area contributed by atoms with Gasteiger partial charge in [0.15, 0.2) is 0 Å². The van der Waals surface area contributed by atoms with Gasteiger partial charge in [0.25, 0.3) is 5.91 Å². The largest absolute Gasteiger partial charge is 0.497 e. The Labute approximate surface area is 193 Å². The number of piperazine rings is 1. The maximum Gasteiger partial charge on any atom is 0.260 e. The summed E-state index contributed by atoms with van der Waals surface area (Å²) in [5, 5.41) is 2.89. The van der Waals surface area contributed by atoms with Gasteiger partial charge in [-0.05, 0) is 47.9 Å². The molecule has 2 aromatic carbocycles. The zero-order chi connectivity index (χ0) is 23.2. The van der Waals surface area contributed by atoms with Crippen molar-refractivity contribution in [2.24, 2.45) is 0 Å². The van der Waals surface area contributed by atoms with Gasteiger partial charge in [-0.25, -0.2) is 4.98 Å². The van der Waals surface area contributed by atoms with Gasteiger partial charge >= 0.3 is 0 Å². The van der Waals surface area contributed by atoms with Crippen molar-refractivity contribution in [3.05, 3.63) is 78.0 Å². The highest BCUT2D eigenvalue weighted by atomic mass is 16.5. The topological polar surface area (TPSA) is 80.8 Å². The van der Waals surface area contributed by atoms with Crippen molar-refractivity contribution in [2.75, 3.05) is 26.8 Å². The van der Waals surface area contributed by atoms with E-state index in [-0.39, 0.29) is 17.7 Å². The summed E-state index contributed by atoms with van der Waals surface area (Å²) >= 11 is 0. The maximum atomic E-state index is 13.4. The monoisotopic (exact) mass is 445 g/mol. The van der Waals surface area contributed by atoms with Gasteiger partial charge in [-0.3, -0.25) is 9.59 Å². The molecule has 0 unspecified atom stereocenters. The SMILES string of the molecule is CCOc1ncccc1C(=O)N1CCNC(=O)[C@@H]1Cc1cccc(-c2ccc(OC)cc2)c1. The lowest BCUT2D eigenvalue weighted by atomic mass is 9.97. The van der Waals surface area contributed by atoms with Crippen molar-refractivity contribution in [1.82, 2.24) is 15.2 Å². The molecule has 1 N–H and O–H groups in total. The standard InChI is InChI=1S/C26H27N3O4/c1-3-33-25-22(8-5-13-28-25)26(31)29-15-14-27-24(30)23(29)17-18-6-4-7-20(16-18)19-9-11-21(32-2)12-10-19/h4-13,16,23H,3,14-15,17H2,1-2H3,(H,27,30)/t23-/m0/s1. The van der Waals surface area contributed by atoms with Crippen LogP contribution in [0.3, 0.4) is 0 Å². The third-order valence-corrected chi connectivity index (χ3v) is 5.65. The van der Waals surface area contributed by atoms with Crippen LogP contribution in [0.1, 0.15) is 22.8 Å². The van der Waals surface area contributed by atoms with Crippen molar-refractivity contribution < 1.29 is 19.1 Å². The normalized spacial score (nSPS) is 15.6. The Bertz CT molecular complexity index is 1130. The van der Waals surface area contributed by atoms with Gasteiger partial charge in [-0.15, -0.1) is 0 Å². The lowest BCUT2D eigenvalue weighted by Crippen LogP contribution is -2.58. The Kier molecular flexibility index (Phi) is 6.88. The predicted molar refractivity (Wildman–Crippen MR) is 125 cm³/mol. The lowest BCUT2D eigenvalue weighted by molar-refractivity contribution is -0.127. The predicted octanol–water partition coefficient (Wildman–Crippen LogP) is 3.34. The van der Waals surface area contributed by atoms with Crippen LogP contribution in [0.15, 0.2) is 66.9 Å². The number of hydrogen-bond acceptors (Lipinski definition) is 5. The quantitative estimate of drug-likeness (QED) is 0.603. The molecule has 4 rings (SSSR count). The number of nitrogens with zero attached hydrogens (tertiary/aromatic N) is 2. The number of carbonyl (C=O) groups is 2. The number of nitrogens with one attached hydrogen (secondary N) is 1. The average molecular weight is 446 g/mol. The minimum Gasteiger partial charge on any atom is -0.497 e. The van der Waals surface area contributed by atoms with Gasteiger partial charge in [-0.2, -0.15) is 0 Å². The van der Waals surface area contributed by atoms with E-state index in [1.807, 2.05) is 49.4 Å². The Morgan fingerprint density at radius 2 is 1.94 bits per heavy atom. The van der Waals surface area contributed by atoms with Gasteiger partial charge in [0.05, 0.1) is 13.7 Å². The molecule has 1 aliphatic rings. The van der Waals surface area contributed by atoms with Crippen LogP contribution in [0.4, 0.5) is 0 Å². The highest BCUT2D eigenvalue weighted by Gasteiger charge is 2.34. The molecule has 7 nitrogen and oxygen atoms in total. The van der Waals surface area contributed by atoms with Crippen molar-refractivity contribution in [3.8, 4) is 22.8 Å². The number of ether oxygens (including phenoxy) is 2. The van der Waals surface area contributed by atoms with Crippen LogP contribution in [0, 0.1) is 0 Å². The second kappa shape index (κ2) is 10.2. The molecule has 0 spiro atoms. The first-order chi connectivity index (χ1) is 16.1. The molecular weight excluding hydrogens is 418 g/mol. The minimum absolute atomic E-state index is 0.161. The summed E-state index contributed by atoms with van der Waals surface area (Å²) in [5.41, 5.74) is 3.43. The van der Waals surface area contributed by atoms with Crippen molar-refractivity contribution >= 4 is 11.8 Å². The van der Waals surface area contributed by atoms with Crippen LogP contribution in [0.2, 0.25) is 0 Å². The zero-order valence-corrected chi connectivity index (χ0v) is 18.8. The summed E-state index contributed by atoms with van der Waals surface area (Å²) in [6.45, 7) is 3.08. The van der Waals surface area contributed by atoms with E-state index in [0.717, 1.165) is 22.4 Å². The summed E-state index contributed by atoms with van der Waals surface area (Å²) in [6, 6.07) is 18.6. The molecular formula is C26H27N3O4. The summed E-state index contributed by atoms with van der Waals surface area (Å²) in [5.74, 6) is 0.671. The zero-order valence-electron chi connectivity index (χ0n) is 18.8. The minimum atomic E-state index is -0.618. The van der Waals surface area contributed by atoms with E-state index >= 15 is 0 Å². The number of rotatable bonds is 7. The summed E-state index contributed by atoms with van der Waals surface area (Å²) < 4.78 is 10.8. The molecule has 170 valence electrons. The van der Waals surface area contributed by atoms with Gasteiger partial charge in [0.1, 0.15) is 17.4 Å². The van der Waals surface area contributed by atoms with Crippen molar-refractivity contribution in [1.29, 1.82) is 0 Å². The van der Waals surface area contributed by atoms with E-state index in [2.05, 4.69) is 16.4 Å². The van der Waals surface area contributed by atoms with Crippen molar-refractivity contribution in [3.63, 3.8) is 0 Å². The Morgan fingerprint density at radius 3 is 2.70 bits per heavy atom. The number of hydrogen-bond donors (Lipinski definition) is 1. The Hall–Kier alpha value is -3.87. The molecule has 33 heavy (non-hydrogen) atoms. The fraction of sp³-hybridized carbons (Fsp3) is 0.269. The van der Waals surface area contributed by atoms with Crippen molar-refractivity contribution in [2.45, 2.75) is 19.4 Å². The molecule has 2 heterocycles. The summed E-state index contributed by atoms with van der Waals surface area (Å²) in [4.78, 5) is 32.0. The van der Waals surface area contributed by atoms with Gasteiger partial charge < -0.3 is 19.7 Å². The molecule has 1 fully saturated rings. The van der Waals surface area contributed by atoms with Gasteiger partial charge in [0, 0.05) is 25.7 Å². The number of pyridine rings is 1. The second-order valence-corrected chi connectivity index (χ2v) is 7.73. The molecule has 0 bridgehead atoms. The third-order valence-electron chi connectivity index (χ3n) is 5.65. The first-order valence-electron chi connectivity index (χ1n) is 11.0. The van der Waals surface area contributed by atoms with E-state index in [4.69, 9.17) is 9.47 Å². The molecule has 1 saturated heterocycles. The summed E-state index contributed by atoms with van der Waals surface area (Å²) in [6.07, 6.45) is 2.00. The molecule has 1 atom stereocenters. The van der Waals surface area contributed by atoms with Crippen LogP contribution in [0.25, 0.3) is 11.1 Å². The lowest BCUT2D eigenvalue weighted by Gasteiger charge is -2.35. The van der Waals surface area contributed by atoms with E-state index in [1.165, 1.54) is 0 Å². The first kappa shape index (κ1) is 22.3. The highest BCUT2D eigenvalue weighted by Crippen LogP contribution is 2.25. The van der Waals surface area contributed by atoms with Crippen LogP contribution >= 0.6 is 0 Å². The number of methoxy groups -OCH3 is 1. The number of amides is 2. The van der Waals surface area contributed by atoms with Crippen LogP contribution < -0.4 is 14.8 Å². The highest BCUT2D eigenvalue weighted by molar-refractivity contribution is 5.99. The number of benzene rings is 2. The Morgan fingerprint density at radius 1 is 1.12 bits per heavy atom. The first-order valence-corrected chi connectivity index (χ1v) is 11.0. The molecule has 0 aliphatic carbocycles. The fourth-order valence-electron chi connectivity index (χ4n) is 4.01. The van der Waals surface area contributed by atoms with E-state index in [0.29, 0.717) is 31.7 Å². The number of aromatic nitrogens is 1. The van der Waals surface area contributed by atoms with Crippen LogP contribution in [0.5, 0.6) is 11.6 Å². The van der Waals surface area contributed by atoms with E-state index in [9.17, 15) is 9.59 Å². The van der Waals surface area contributed by atoms with Gasteiger partial charge in [-0.1, -0.05) is 36.4 Å². The molecule has 1 aromatic heterocycles. The average Bonchev–Trinajstić information content (AvgIpc) is 2.86. The third kappa shape index (κ3) is 4.98. The molecule has 0 radical (unpaired) electrons. The van der Waals surface area contributed by atoms with Gasteiger partial charge in [0.2, 0.25) is 11.8 Å². The molecule has 0 saturated carbocycles.